The number of nitro benzene ring substituents is 2. The summed E-state index contributed by atoms with van der Waals surface area (Å²) >= 11 is 0. The van der Waals surface area contributed by atoms with E-state index in [2.05, 4.69) is 5.10 Å². The zero-order chi connectivity index (χ0) is 20.9. The Morgan fingerprint density at radius 1 is 1.07 bits per heavy atom. The molecule has 0 fully saturated rings. The van der Waals surface area contributed by atoms with Crippen molar-refractivity contribution >= 4 is 27.6 Å². The van der Waals surface area contributed by atoms with E-state index < -0.39 is 31.2 Å². The molecule has 2 rings (SSSR count). The maximum atomic E-state index is 12.2. The summed E-state index contributed by atoms with van der Waals surface area (Å²) in [7, 11) is -1.66. The SMILES string of the molecule is COc1cc(/C=N/NS(=O)(=O)c2cccc([N+](=O)[O-])c2)cc([N+](=O)[O-])c1OC. The van der Waals surface area contributed by atoms with Gasteiger partial charge in [0.1, 0.15) is 0 Å². The lowest BCUT2D eigenvalue weighted by molar-refractivity contribution is -0.385. The van der Waals surface area contributed by atoms with Crippen LogP contribution in [-0.4, -0.2) is 38.7 Å². The quantitative estimate of drug-likeness (QED) is 0.391. The van der Waals surface area contributed by atoms with Gasteiger partial charge in [-0.05, 0) is 12.1 Å². The Morgan fingerprint density at radius 3 is 2.36 bits per heavy atom. The first kappa shape index (κ1) is 20.6. The summed E-state index contributed by atoms with van der Waals surface area (Å²) < 4.78 is 34.4. The highest BCUT2D eigenvalue weighted by atomic mass is 32.2. The number of sulfonamides is 1. The second kappa shape index (κ2) is 8.30. The molecule has 2 aromatic rings. The molecule has 0 aliphatic heterocycles. The Labute approximate surface area is 158 Å². The van der Waals surface area contributed by atoms with Crippen LogP contribution >= 0.6 is 0 Å². The van der Waals surface area contributed by atoms with E-state index in [0.717, 1.165) is 30.5 Å². The van der Waals surface area contributed by atoms with Crippen molar-refractivity contribution in [3.8, 4) is 11.5 Å². The van der Waals surface area contributed by atoms with Gasteiger partial charge in [-0.25, -0.2) is 4.83 Å². The molecule has 1 N–H and O–H groups in total. The number of ether oxygens (including phenoxy) is 2. The Hall–Kier alpha value is -3.74. The van der Waals surface area contributed by atoms with Crippen LogP contribution in [0.5, 0.6) is 11.5 Å². The first-order valence-corrected chi connectivity index (χ1v) is 8.87. The molecule has 0 bridgehead atoms. The molecule has 0 saturated heterocycles. The molecule has 0 unspecified atom stereocenters. The average molecular weight is 410 g/mol. The number of nitrogens with one attached hydrogen (secondary N) is 1. The zero-order valence-electron chi connectivity index (χ0n) is 14.6. The van der Waals surface area contributed by atoms with Gasteiger partial charge in [0.05, 0.1) is 35.2 Å². The van der Waals surface area contributed by atoms with Crippen molar-refractivity contribution in [3.63, 3.8) is 0 Å². The minimum atomic E-state index is -4.18. The summed E-state index contributed by atoms with van der Waals surface area (Å²) in [5.41, 5.74) is -0.640. The van der Waals surface area contributed by atoms with Crippen LogP contribution in [0, 0.1) is 20.2 Å². The minimum absolute atomic E-state index is 0.0553. The van der Waals surface area contributed by atoms with Crippen molar-refractivity contribution in [2.75, 3.05) is 14.2 Å². The first-order valence-electron chi connectivity index (χ1n) is 7.39. The lowest BCUT2D eigenvalue weighted by Gasteiger charge is -2.08. The van der Waals surface area contributed by atoms with Gasteiger partial charge in [0, 0.05) is 23.8 Å². The van der Waals surface area contributed by atoms with Gasteiger partial charge in [-0.2, -0.15) is 13.5 Å². The highest BCUT2D eigenvalue weighted by Gasteiger charge is 2.21. The van der Waals surface area contributed by atoms with E-state index in [1.165, 1.54) is 26.4 Å². The second-order valence-electron chi connectivity index (χ2n) is 5.14. The van der Waals surface area contributed by atoms with Crippen LogP contribution in [0.4, 0.5) is 11.4 Å². The van der Waals surface area contributed by atoms with Crippen molar-refractivity contribution in [1.29, 1.82) is 0 Å². The zero-order valence-corrected chi connectivity index (χ0v) is 15.4. The predicted octanol–water partition coefficient (Wildman–Crippen LogP) is 1.83. The molecule has 13 heteroatoms. The number of hydrazone groups is 1. The summed E-state index contributed by atoms with van der Waals surface area (Å²) in [6.07, 6.45) is 1.02. The topological polar surface area (TPSA) is 163 Å². The molecule has 0 aliphatic carbocycles. The van der Waals surface area contributed by atoms with Crippen molar-refractivity contribution in [1.82, 2.24) is 4.83 Å². The third-order valence-electron chi connectivity index (χ3n) is 3.40. The maximum absolute atomic E-state index is 12.2. The molecular weight excluding hydrogens is 396 g/mol. The number of rotatable bonds is 8. The number of nitrogens with zero attached hydrogens (tertiary/aromatic N) is 3. The van der Waals surface area contributed by atoms with E-state index in [-0.39, 0.29) is 22.0 Å². The molecule has 0 radical (unpaired) electrons. The van der Waals surface area contributed by atoms with E-state index in [0.29, 0.717) is 0 Å². The van der Waals surface area contributed by atoms with Crippen LogP contribution < -0.4 is 14.3 Å². The van der Waals surface area contributed by atoms with Gasteiger partial charge >= 0.3 is 5.69 Å². The minimum Gasteiger partial charge on any atom is -0.493 e. The number of hydrogen-bond acceptors (Lipinski definition) is 9. The van der Waals surface area contributed by atoms with E-state index >= 15 is 0 Å². The molecule has 2 aromatic carbocycles. The van der Waals surface area contributed by atoms with Crippen molar-refractivity contribution < 1.29 is 27.7 Å². The smallest absolute Gasteiger partial charge is 0.315 e. The van der Waals surface area contributed by atoms with E-state index in [1.807, 2.05) is 4.83 Å². The third-order valence-corrected chi connectivity index (χ3v) is 4.62. The molecule has 0 spiro atoms. The molecule has 28 heavy (non-hydrogen) atoms. The van der Waals surface area contributed by atoms with Crippen LogP contribution in [-0.2, 0) is 10.0 Å². The molecule has 0 aromatic heterocycles. The average Bonchev–Trinajstić information content (AvgIpc) is 2.67. The molecule has 12 nitrogen and oxygen atoms in total. The van der Waals surface area contributed by atoms with Gasteiger partial charge in [0.2, 0.25) is 5.75 Å². The third kappa shape index (κ3) is 4.50. The van der Waals surface area contributed by atoms with Gasteiger partial charge < -0.3 is 9.47 Å². The number of benzene rings is 2. The standard InChI is InChI=1S/C15H14N4O8S/c1-26-14-7-10(6-13(19(22)23)15(14)27-2)9-16-17-28(24,25)12-5-3-4-11(8-12)18(20)21/h3-9,17H,1-2H3/b16-9+. The highest BCUT2D eigenvalue weighted by Crippen LogP contribution is 2.37. The first-order chi connectivity index (χ1) is 13.2. The number of non-ortho nitro benzene ring substituents is 1. The van der Waals surface area contributed by atoms with Gasteiger partial charge in [0.25, 0.3) is 15.7 Å². The Kier molecular flexibility index (Phi) is 6.10. The molecular formula is C15H14N4O8S. The number of methoxy groups -OCH3 is 2. The largest absolute Gasteiger partial charge is 0.493 e. The van der Waals surface area contributed by atoms with E-state index in [4.69, 9.17) is 9.47 Å². The van der Waals surface area contributed by atoms with Gasteiger partial charge in [-0.1, -0.05) is 6.07 Å². The molecule has 0 amide bonds. The molecule has 0 saturated carbocycles. The number of hydrogen-bond donors (Lipinski definition) is 1. The maximum Gasteiger partial charge on any atom is 0.315 e. The fourth-order valence-electron chi connectivity index (χ4n) is 2.16. The van der Waals surface area contributed by atoms with Crippen molar-refractivity contribution in [3.05, 3.63) is 62.2 Å². The summed E-state index contributed by atoms with van der Waals surface area (Å²) in [6, 6.07) is 6.87. The summed E-state index contributed by atoms with van der Waals surface area (Å²) in [5, 5.41) is 25.5. The fraction of sp³-hybridized carbons (Fsp3) is 0.133. The van der Waals surface area contributed by atoms with Crippen molar-refractivity contribution in [2.24, 2.45) is 5.10 Å². The van der Waals surface area contributed by atoms with Gasteiger partial charge in [-0.3, -0.25) is 20.2 Å². The second-order valence-corrected chi connectivity index (χ2v) is 6.80. The monoisotopic (exact) mass is 410 g/mol. The van der Waals surface area contributed by atoms with Crippen molar-refractivity contribution in [2.45, 2.75) is 4.90 Å². The Balaban J connectivity index is 2.31. The Morgan fingerprint density at radius 2 is 1.79 bits per heavy atom. The summed E-state index contributed by atoms with van der Waals surface area (Å²) in [5.74, 6) is -0.0403. The lowest BCUT2D eigenvalue weighted by atomic mass is 10.2. The number of nitro groups is 2. The van der Waals surface area contributed by atoms with E-state index in [1.54, 1.807) is 0 Å². The predicted molar refractivity (Wildman–Crippen MR) is 97.2 cm³/mol. The van der Waals surface area contributed by atoms with Crippen LogP contribution in [0.15, 0.2) is 46.4 Å². The molecule has 148 valence electrons. The molecule has 0 aliphatic rings. The van der Waals surface area contributed by atoms with Crippen LogP contribution in [0.2, 0.25) is 0 Å². The normalized spacial score (nSPS) is 11.2. The Bertz CT molecular complexity index is 1050. The lowest BCUT2D eigenvalue weighted by Crippen LogP contribution is -2.18. The van der Waals surface area contributed by atoms with Gasteiger partial charge in [-0.15, -0.1) is 0 Å². The molecule has 0 heterocycles. The summed E-state index contributed by atoms with van der Waals surface area (Å²) in [6.45, 7) is 0. The molecule has 0 atom stereocenters. The van der Waals surface area contributed by atoms with Gasteiger partial charge in [0.15, 0.2) is 5.75 Å². The summed E-state index contributed by atoms with van der Waals surface area (Å²) in [4.78, 5) is 22.0. The highest BCUT2D eigenvalue weighted by molar-refractivity contribution is 7.89. The van der Waals surface area contributed by atoms with Crippen LogP contribution in [0.1, 0.15) is 5.56 Å². The van der Waals surface area contributed by atoms with E-state index in [9.17, 15) is 28.6 Å². The fourth-order valence-corrected chi connectivity index (χ4v) is 2.99. The van der Waals surface area contributed by atoms with Crippen LogP contribution in [0.25, 0.3) is 0 Å². The van der Waals surface area contributed by atoms with Crippen LogP contribution in [0.3, 0.4) is 0 Å².